The number of benzene rings is 3. The van der Waals surface area contributed by atoms with Gasteiger partial charge >= 0.3 is 0 Å². The van der Waals surface area contributed by atoms with Crippen LogP contribution in [-0.4, -0.2) is 22.6 Å². The zero-order valence-corrected chi connectivity index (χ0v) is 15.9. The molecule has 0 aliphatic rings. The molecule has 4 rings (SSSR count). The number of ketones is 1. The van der Waals surface area contributed by atoms with E-state index >= 15 is 0 Å². The van der Waals surface area contributed by atoms with E-state index < -0.39 is 29.2 Å². The second kappa shape index (κ2) is 7.83. The van der Waals surface area contributed by atoms with Crippen molar-refractivity contribution in [2.24, 2.45) is 5.73 Å². The van der Waals surface area contributed by atoms with Crippen molar-refractivity contribution in [3.63, 3.8) is 0 Å². The van der Waals surface area contributed by atoms with E-state index in [4.69, 9.17) is 5.73 Å². The number of nitrogens with two attached hydrogens (primary N) is 1. The molecule has 0 bridgehead atoms. The number of anilines is 1. The summed E-state index contributed by atoms with van der Waals surface area (Å²) >= 11 is 0. The van der Waals surface area contributed by atoms with Gasteiger partial charge in [-0.05, 0) is 36.4 Å². The topological polar surface area (TPSA) is 105 Å². The lowest BCUT2D eigenvalue weighted by atomic mass is 9.97. The molecule has 0 atom stereocenters. The minimum absolute atomic E-state index is 0.204. The van der Waals surface area contributed by atoms with E-state index in [1.165, 1.54) is 18.2 Å². The normalized spacial score (nSPS) is 10.8. The molecule has 0 saturated heterocycles. The first kappa shape index (κ1) is 20.0. The van der Waals surface area contributed by atoms with Crippen molar-refractivity contribution in [1.29, 1.82) is 0 Å². The minimum atomic E-state index is -1.25. The fourth-order valence-corrected chi connectivity index (χ4v) is 3.21. The Kier molecular flexibility index (Phi) is 5.04. The Labute approximate surface area is 174 Å². The third kappa shape index (κ3) is 3.91. The molecular weight excluding hydrogens is 404 g/mol. The van der Waals surface area contributed by atoms with E-state index in [-0.39, 0.29) is 22.4 Å². The number of primary amides is 1. The summed E-state index contributed by atoms with van der Waals surface area (Å²) in [7, 11) is 0. The maximum absolute atomic E-state index is 13.9. The molecule has 0 spiro atoms. The Morgan fingerprint density at radius 2 is 1.52 bits per heavy atom. The highest BCUT2D eigenvalue weighted by Crippen LogP contribution is 2.23. The van der Waals surface area contributed by atoms with Crippen LogP contribution in [0.3, 0.4) is 0 Å². The molecule has 2 amide bonds. The van der Waals surface area contributed by atoms with Crippen LogP contribution in [0.15, 0.2) is 66.7 Å². The van der Waals surface area contributed by atoms with Gasteiger partial charge in [0.1, 0.15) is 5.69 Å². The number of fused-ring (bicyclic) bond motifs is 1. The number of aromatic nitrogens is 1. The van der Waals surface area contributed by atoms with Crippen LogP contribution < -0.4 is 11.1 Å². The molecule has 0 unspecified atom stereocenters. The Morgan fingerprint density at radius 3 is 2.19 bits per heavy atom. The fraction of sp³-hybridized carbons (Fsp3) is 0. The van der Waals surface area contributed by atoms with Gasteiger partial charge in [-0.25, -0.2) is 8.78 Å². The van der Waals surface area contributed by atoms with Crippen LogP contribution in [0.2, 0.25) is 0 Å². The standard InChI is InChI=1S/C23H15F2N3O3/c24-17-10-15(21(29)12-4-2-1-3-5-12)16(11-18(17)25)23(31)27-14-6-7-19-13(8-14)9-20(28-19)22(26)30/h1-11,28H,(H2,26,30)(H,27,31). The number of carbonyl (C=O) groups excluding carboxylic acids is 3. The molecule has 0 radical (unpaired) electrons. The Bertz CT molecular complexity index is 1350. The predicted octanol–water partition coefficient (Wildman–Crippen LogP) is 4.03. The fourth-order valence-electron chi connectivity index (χ4n) is 3.21. The molecule has 0 saturated carbocycles. The van der Waals surface area contributed by atoms with Crippen molar-refractivity contribution in [3.05, 3.63) is 101 Å². The lowest BCUT2D eigenvalue weighted by molar-refractivity contribution is 0.0993. The highest BCUT2D eigenvalue weighted by Gasteiger charge is 2.22. The van der Waals surface area contributed by atoms with E-state index in [0.717, 1.165) is 0 Å². The van der Waals surface area contributed by atoms with Crippen LogP contribution in [0.5, 0.6) is 0 Å². The highest BCUT2D eigenvalue weighted by atomic mass is 19.2. The number of rotatable bonds is 5. The van der Waals surface area contributed by atoms with Crippen LogP contribution in [0, 0.1) is 11.6 Å². The van der Waals surface area contributed by atoms with Gasteiger partial charge in [0, 0.05) is 27.7 Å². The van der Waals surface area contributed by atoms with Gasteiger partial charge in [0.05, 0.1) is 5.56 Å². The predicted molar refractivity (Wildman–Crippen MR) is 111 cm³/mol. The summed E-state index contributed by atoms with van der Waals surface area (Å²) in [5, 5.41) is 3.18. The molecule has 8 heteroatoms. The van der Waals surface area contributed by atoms with Gasteiger partial charge in [0.2, 0.25) is 0 Å². The minimum Gasteiger partial charge on any atom is -0.364 e. The van der Waals surface area contributed by atoms with Gasteiger partial charge in [-0.15, -0.1) is 0 Å². The molecule has 1 heterocycles. The van der Waals surface area contributed by atoms with Crippen molar-refractivity contribution in [1.82, 2.24) is 4.98 Å². The maximum atomic E-state index is 13.9. The van der Waals surface area contributed by atoms with Gasteiger partial charge in [-0.1, -0.05) is 30.3 Å². The van der Waals surface area contributed by atoms with Crippen molar-refractivity contribution in [2.45, 2.75) is 0 Å². The van der Waals surface area contributed by atoms with Crippen LogP contribution in [-0.2, 0) is 0 Å². The highest BCUT2D eigenvalue weighted by molar-refractivity contribution is 6.18. The van der Waals surface area contributed by atoms with E-state index in [1.54, 1.807) is 36.4 Å². The number of aromatic amines is 1. The molecule has 1 aromatic heterocycles. The molecule has 0 fully saturated rings. The summed E-state index contributed by atoms with van der Waals surface area (Å²) in [5.74, 6) is -4.52. The number of halogens is 2. The number of amides is 2. The summed E-state index contributed by atoms with van der Waals surface area (Å²) < 4.78 is 27.8. The van der Waals surface area contributed by atoms with Gasteiger partial charge in [-0.2, -0.15) is 0 Å². The van der Waals surface area contributed by atoms with Crippen molar-refractivity contribution in [2.75, 3.05) is 5.32 Å². The van der Waals surface area contributed by atoms with E-state index in [9.17, 15) is 23.2 Å². The largest absolute Gasteiger partial charge is 0.364 e. The van der Waals surface area contributed by atoms with Gasteiger partial charge in [0.15, 0.2) is 17.4 Å². The molecular formula is C23H15F2N3O3. The number of nitrogens with one attached hydrogen (secondary N) is 2. The second-order valence-corrected chi connectivity index (χ2v) is 6.81. The van der Waals surface area contributed by atoms with Crippen LogP contribution in [0.4, 0.5) is 14.5 Å². The van der Waals surface area contributed by atoms with Gasteiger partial charge in [0.25, 0.3) is 11.8 Å². The second-order valence-electron chi connectivity index (χ2n) is 6.81. The lowest BCUT2D eigenvalue weighted by Gasteiger charge is -2.11. The molecule has 4 aromatic rings. The van der Waals surface area contributed by atoms with Crippen LogP contribution in [0.1, 0.15) is 36.8 Å². The molecule has 154 valence electrons. The Hall–Kier alpha value is -4.33. The first-order chi connectivity index (χ1) is 14.8. The SMILES string of the molecule is NC(=O)c1cc2cc(NC(=O)c3cc(F)c(F)cc3C(=O)c3ccccc3)ccc2[nH]1. The smallest absolute Gasteiger partial charge is 0.265 e. The molecule has 0 aliphatic carbocycles. The maximum Gasteiger partial charge on any atom is 0.265 e. The third-order valence-electron chi connectivity index (χ3n) is 4.73. The molecule has 4 N–H and O–H groups in total. The zero-order chi connectivity index (χ0) is 22.1. The lowest BCUT2D eigenvalue weighted by Crippen LogP contribution is -2.18. The number of hydrogen-bond donors (Lipinski definition) is 3. The molecule has 0 aliphatic heterocycles. The number of H-pyrrole nitrogens is 1. The van der Waals surface area contributed by atoms with E-state index in [2.05, 4.69) is 10.3 Å². The van der Waals surface area contributed by atoms with Crippen molar-refractivity contribution in [3.8, 4) is 0 Å². The summed E-state index contributed by atoms with van der Waals surface area (Å²) in [6, 6.07) is 15.7. The van der Waals surface area contributed by atoms with Gasteiger partial charge < -0.3 is 16.0 Å². The average molecular weight is 419 g/mol. The summed E-state index contributed by atoms with van der Waals surface area (Å²) in [6.07, 6.45) is 0. The summed E-state index contributed by atoms with van der Waals surface area (Å²) in [5.41, 5.74) is 6.07. The van der Waals surface area contributed by atoms with Crippen LogP contribution in [0.25, 0.3) is 10.9 Å². The van der Waals surface area contributed by atoms with Crippen LogP contribution >= 0.6 is 0 Å². The van der Waals surface area contributed by atoms with Crippen molar-refractivity contribution < 1.29 is 23.2 Å². The zero-order valence-electron chi connectivity index (χ0n) is 15.9. The Morgan fingerprint density at radius 1 is 0.839 bits per heavy atom. The summed E-state index contributed by atoms with van der Waals surface area (Å²) in [4.78, 5) is 39.8. The molecule has 3 aromatic carbocycles. The monoisotopic (exact) mass is 419 g/mol. The van der Waals surface area contributed by atoms with E-state index in [0.29, 0.717) is 28.7 Å². The average Bonchev–Trinajstić information content (AvgIpc) is 3.19. The molecule has 31 heavy (non-hydrogen) atoms. The molecule has 6 nitrogen and oxygen atoms in total. The van der Waals surface area contributed by atoms with Crippen molar-refractivity contribution >= 4 is 34.2 Å². The number of hydrogen-bond acceptors (Lipinski definition) is 3. The quantitative estimate of drug-likeness (QED) is 0.425. The van der Waals surface area contributed by atoms with Gasteiger partial charge in [-0.3, -0.25) is 14.4 Å². The first-order valence-electron chi connectivity index (χ1n) is 9.16. The Balaban J connectivity index is 1.70. The third-order valence-corrected chi connectivity index (χ3v) is 4.73. The van der Waals surface area contributed by atoms with E-state index in [1.807, 2.05) is 0 Å². The summed E-state index contributed by atoms with van der Waals surface area (Å²) in [6.45, 7) is 0. The first-order valence-corrected chi connectivity index (χ1v) is 9.16. The number of carbonyl (C=O) groups is 3.